The second-order valence-electron chi connectivity index (χ2n) is 15.9. The predicted molar refractivity (Wildman–Crippen MR) is 263 cm³/mol. The molecule has 0 amide bonds. The zero-order valence-electron chi connectivity index (χ0n) is 34.3. The molecule has 12 rings (SSSR count). The summed E-state index contributed by atoms with van der Waals surface area (Å²) in [6.07, 6.45) is 0. The van der Waals surface area contributed by atoms with E-state index in [1.165, 1.54) is 27.8 Å². The van der Waals surface area contributed by atoms with Crippen molar-refractivity contribution >= 4 is 60.9 Å². The van der Waals surface area contributed by atoms with Gasteiger partial charge in [0, 0.05) is 33.0 Å². The van der Waals surface area contributed by atoms with E-state index < -0.39 is 0 Å². The first-order chi connectivity index (χ1) is 31.3. The van der Waals surface area contributed by atoms with E-state index in [1.54, 1.807) is 0 Å². The number of hydrogen-bond acceptors (Lipinski definition) is 3. The van der Waals surface area contributed by atoms with Gasteiger partial charge in [-0.3, -0.25) is 0 Å². The third-order valence-corrected chi connectivity index (χ3v) is 12.3. The number of benzene rings is 10. The molecule has 0 aliphatic heterocycles. The normalized spacial score (nSPS) is 11.5. The van der Waals surface area contributed by atoms with Gasteiger partial charge >= 0.3 is 0 Å². The van der Waals surface area contributed by atoms with Crippen LogP contribution in [0.15, 0.2) is 245 Å². The van der Waals surface area contributed by atoms with Crippen LogP contribution in [0.1, 0.15) is 0 Å². The Hall–Kier alpha value is -8.40. The van der Waals surface area contributed by atoms with Gasteiger partial charge in [-0.2, -0.15) is 0 Å². The van der Waals surface area contributed by atoms with Crippen LogP contribution in [0.5, 0.6) is 0 Å². The average molecular weight is 806 g/mol. The molecule has 0 atom stereocenters. The van der Waals surface area contributed by atoms with Crippen LogP contribution in [0, 0.1) is 0 Å². The fourth-order valence-corrected chi connectivity index (χ4v) is 9.51. The van der Waals surface area contributed by atoms with Crippen LogP contribution in [-0.4, -0.2) is 0 Å². The van der Waals surface area contributed by atoms with Gasteiger partial charge in [-0.15, -0.1) is 0 Å². The Labute approximate surface area is 365 Å². The second kappa shape index (κ2) is 15.3. The van der Waals surface area contributed by atoms with Crippen LogP contribution >= 0.6 is 0 Å². The Morgan fingerprint density at radius 1 is 0.270 bits per heavy atom. The summed E-state index contributed by atoms with van der Waals surface area (Å²) in [5.74, 6) is 0. The fraction of sp³-hybridized carbons (Fsp3) is 0. The number of fused-ring (bicyclic) bond motifs is 6. The van der Waals surface area contributed by atoms with Gasteiger partial charge in [-0.1, -0.05) is 194 Å². The molecule has 0 N–H and O–H groups in total. The quantitative estimate of drug-likeness (QED) is 0.153. The van der Waals surface area contributed by atoms with E-state index in [0.717, 1.165) is 88.8 Å². The first-order valence-electron chi connectivity index (χ1n) is 21.4. The first-order valence-corrected chi connectivity index (χ1v) is 21.4. The molecule has 10 aromatic carbocycles. The van der Waals surface area contributed by atoms with Crippen molar-refractivity contribution in [1.29, 1.82) is 0 Å². The molecule has 0 spiro atoms. The second-order valence-corrected chi connectivity index (χ2v) is 15.9. The topological polar surface area (TPSA) is 29.5 Å². The SMILES string of the molecule is c1ccc(-c2ccccc2-c2c(-c3ccccc3)cccc2-c2ccccc2N(c2ccc(-c3cccc4c3oc3ccccc34)cc2)c2cccc3oc4ccccc4c23)cc1. The smallest absolute Gasteiger partial charge is 0.143 e. The van der Waals surface area contributed by atoms with Crippen LogP contribution in [0.4, 0.5) is 17.1 Å². The minimum Gasteiger partial charge on any atom is -0.456 e. The lowest BCUT2D eigenvalue weighted by Gasteiger charge is -2.29. The van der Waals surface area contributed by atoms with Crippen molar-refractivity contribution < 1.29 is 8.83 Å². The molecule has 0 aliphatic carbocycles. The van der Waals surface area contributed by atoms with Crippen molar-refractivity contribution in [2.24, 2.45) is 0 Å². The number of rotatable bonds is 8. The van der Waals surface area contributed by atoms with Gasteiger partial charge in [0.15, 0.2) is 0 Å². The number of furan rings is 2. The van der Waals surface area contributed by atoms with Crippen LogP contribution in [0.2, 0.25) is 0 Å². The molecule has 12 aromatic rings. The molecule has 0 bridgehead atoms. The summed E-state index contributed by atoms with van der Waals surface area (Å²) in [4.78, 5) is 2.41. The Kier molecular flexibility index (Phi) is 8.83. The van der Waals surface area contributed by atoms with Crippen molar-refractivity contribution in [1.82, 2.24) is 0 Å². The van der Waals surface area contributed by atoms with Gasteiger partial charge in [-0.25, -0.2) is 0 Å². The van der Waals surface area contributed by atoms with Gasteiger partial charge in [0.25, 0.3) is 0 Å². The third kappa shape index (κ3) is 6.21. The number of hydrogen-bond donors (Lipinski definition) is 0. The lowest BCUT2D eigenvalue weighted by Crippen LogP contribution is -2.12. The van der Waals surface area contributed by atoms with E-state index in [2.05, 4.69) is 223 Å². The Morgan fingerprint density at radius 2 is 0.762 bits per heavy atom. The standard InChI is InChI=1S/C60H39NO2/c1-3-18-40(19-4-1)44-22-7-8-25-49(44)58-45(41-20-5-2-6-21-41)27-15-29-50(58)47-23-9-12-31-53(47)61(54-32-17-35-57-59(54)52-26-11-14-34-56(52)62-57)43-38-36-42(37-39-43)46-28-16-30-51-48-24-10-13-33-55(48)63-60(46)51/h1-39H. The fourth-order valence-electron chi connectivity index (χ4n) is 9.51. The van der Waals surface area contributed by atoms with Gasteiger partial charge in [0.05, 0.1) is 16.8 Å². The van der Waals surface area contributed by atoms with Crippen molar-refractivity contribution in [2.75, 3.05) is 4.90 Å². The lowest BCUT2D eigenvalue weighted by molar-refractivity contribution is 0.669. The van der Waals surface area contributed by atoms with E-state index in [1.807, 2.05) is 18.2 Å². The van der Waals surface area contributed by atoms with E-state index in [0.29, 0.717) is 0 Å². The van der Waals surface area contributed by atoms with E-state index >= 15 is 0 Å². The molecule has 3 heteroatoms. The third-order valence-electron chi connectivity index (χ3n) is 12.3. The number of nitrogens with zero attached hydrogens (tertiary/aromatic N) is 1. The zero-order chi connectivity index (χ0) is 41.7. The van der Waals surface area contributed by atoms with Crippen LogP contribution in [0.25, 0.3) is 99.5 Å². The lowest BCUT2D eigenvalue weighted by atomic mass is 9.84. The summed E-state index contributed by atoms with van der Waals surface area (Å²) in [6, 6.07) is 84.2. The molecule has 0 aliphatic rings. The van der Waals surface area contributed by atoms with E-state index in [4.69, 9.17) is 8.83 Å². The number of anilines is 3. The average Bonchev–Trinajstić information content (AvgIpc) is 3.94. The van der Waals surface area contributed by atoms with Gasteiger partial charge < -0.3 is 13.7 Å². The Bertz CT molecular complexity index is 3620. The van der Waals surface area contributed by atoms with Crippen molar-refractivity contribution in [3.8, 4) is 55.6 Å². The van der Waals surface area contributed by atoms with Gasteiger partial charge in [0.2, 0.25) is 0 Å². The first kappa shape index (κ1) is 36.5. The van der Waals surface area contributed by atoms with Gasteiger partial charge in [0.1, 0.15) is 22.3 Å². The molecular weight excluding hydrogens is 767 g/mol. The molecule has 0 unspecified atom stereocenters. The van der Waals surface area contributed by atoms with Crippen LogP contribution < -0.4 is 4.90 Å². The molecule has 3 nitrogen and oxygen atoms in total. The summed E-state index contributed by atoms with van der Waals surface area (Å²) in [6.45, 7) is 0. The molecule has 0 saturated carbocycles. The monoisotopic (exact) mass is 805 g/mol. The summed E-state index contributed by atoms with van der Waals surface area (Å²) in [7, 11) is 0. The molecular formula is C60H39NO2. The summed E-state index contributed by atoms with van der Waals surface area (Å²) < 4.78 is 13.0. The van der Waals surface area contributed by atoms with Crippen molar-refractivity contribution in [2.45, 2.75) is 0 Å². The maximum atomic E-state index is 6.53. The molecule has 0 radical (unpaired) electrons. The molecule has 2 heterocycles. The summed E-state index contributed by atoms with van der Waals surface area (Å²) >= 11 is 0. The highest BCUT2D eigenvalue weighted by Gasteiger charge is 2.25. The van der Waals surface area contributed by atoms with Crippen molar-refractivity contribution in [3.63, 3.8) is 0 Å². The highest BCUT2D eigenvalue weighted by molar-refractivity contribution is 6.15. The van der Waals surface area contributed by atoms with Crippen LogP contribution in [0.3, 0.4) is 0 Å². The number of para-hydroxylation sites is 4. The maximum absolute atomic E-state index is 6.53. The summed E-state index contributed by atoms with van der Waals surface area (Å²) in [5, 5.41) is 4.37. The Morgan fingerprint density at radius 3 is 1.54 bits per heavy atom. The Balaban J connectivity index is 1.11. The van der Waals surface area contributed by atoms with Crippen LogP contribution in [-0.2, 0) is 0 Å². The minimum atomic E-state index is 0.841. The maximum Gasteiger partial charge on any atom is 0.143 e. The minimum absolute atomic E-state index is 0.841. The van der Waals surface area contributed by atoms with E-state index in [9.17, 15) is 0 Å². The molecule has 296 valence electrons. The molecule has 2 aromatic heterocycles. The van der Waals surface area contributed by atoms with Crippen molar-refractivity contribution in [3.05, 3.63) is 237 Å². The molecule has 0 saturated heterocycles. The largest absolute Gasteiger partial charge is 0.456 e. The highest BCUT2D eigenvalue weighted by atomic mass is 16.3. The van der Waals surface area contributed by atoms with Gasteiger partial charge in [-0.05, 0) is 87.0 Å². The molecule has 0 fully saturated rings. The van der Waals surface area contributed by atoms with E-state index in [-0.39, 0.29) is 0 Å². The highest BCUT2D eigenvalue weighted by Crippen LogP contribution is 2.50. The molecule has 63 heavy (non-hydrogen) atoms. The zero-order valence-corrected chi connectivity index (χ0v) is 34.3. The summed E-state index contributed by atoms with van der Waals surface area (Å²) in [5.41, 5.74) is 18.0. The predicted octanol–water partition coefficient (Wildman–Crippen LogP) is 17.3.